The highest BCUT2D eigenvalue weighted by Gasteiger charge is 2.31. The number of hydrogen-bond donors (Lipinski definition) is 1. The number of unbranched alkanes of at least 4 members (excludes halogenated alkanes) is 2. The average Bonchev–Trinajstić information content (AvgIpc) is 3.07. The first kappa shape index (κ1) is 26.2. The molecule has 3 rings (SSSR count). The Balaban J connectivity index is 1.44. The van der Waals surface area contributed by atoms with Gasteiger partial charge in [0, 0.05) is 18.0 Å². The van der Waals surface area contributed by atoms with E-state index in [0.717, 1.165) is 18.4 Å². The molecule has 1 saturated heterocycles. The highest BCUT2D eigenvalue weighted by molar-refractivity contribution is 8.26. The van der Waals surface area contributed by atoms with Gasteiger partial charge in [-0.2, -0.15) is 0 Å². The van der Waals surface area contributed by atoms with Crippen LogP contribution in [0.5, 0.6) is 0 Å². The van der Waals surface area contributed by atoms with Crippen molar-refractivity contribution < 1.29 is 19.1 Å². The van der Waals surface area contributed by atoms with E-state index >= 15 is 0 Å². The molecule has 1 fully saturated rings. The van der Waals surface area contributed by atoms with Gasteiger partial charge in [-0.05, 0) is 54.8 Å². The maximum atomic E-state index is 12.8. The van der Waals surface area contributed by atoms with Gasteiger partial charge >= 0.3 is 5.97 Å². The zero-order valence-electron chi connectivity index (χ0n) is 18.3. The number of amides is 2. The van der Waals surface area contributed by atoms with Gasteiger partial charge in [-0.1, -0.05) is 65.7 Å². The zero-order valence-corrected chi connectivity index (χ0v) is 21.5. The molecule has 34 heavy (non-hydrogen) atoms. The van der Waals surface area contributed by atoms with Crippen molar-refractivity contribution in [2.45, 2.75) is 25.7 Å². The number of halogens is 2. The van der Waals surface area contributed by atoms with Gasteiger partial charge in [0.1, 0.15) is 4.32 Å². The van der Waals surface area contributed by atoms with Crippen molar-refractivity contribution in [1.82, 2.24) is 4.90 Å². The highest BCUT2D eigenvalue weighted by Crippen LogP contribution is 2.33. The molecular weight excluding hydrogens is 515 g/mol. The number of rotatable bonds is 9. The molecule has 0 saturated carbocycles. The van der Waals surface area contributed by atoms with Gasteiger partial charge in [-0.15, -0.1) is 0 Å². The number of carbonyl (C=O) groups is 3. The third-order valence-electron chi connectivity index (χ3n) is 4.99. The summed E-state index contributed by atoms with van der Waals surface area (Å²) in [6.45, 7) is 0.494. The van der Waals surface area contributed by atoms with Crippen molar-refractivity contribution in [2.24, 2.45) is 0 Å². The molecule has 0 spiro atoms. The number of carbonyl (C=O) groups excluding carboxylic acids is 3. The molecule has 1 aliphatic heterocycles. The van der Waals surface area contributed by atoms with Crippen molar-refractivity contribution in [3.05, 3.63) is 68.5 Å². The number of hydrogen-bond acceptors (Lipinski definition) is 6. The van der Waals surface area contributed by atoms with Crippen molar-refractivity contribution in [1.29, 1.82) is 0 Å². The lowest BCUT2D eigenvalue weighted by Crippen LogP contribution is -2.29. The Hall–Kier alpha value is -2.39. The first-order valence-electron chi connectivity index (χ1n) is 10.5. The Bertz CT molecular complexity index is 1140. The van der Waals surface area contributed by atoms with Gasteiger partial charge in [0.15, 0.2) is 0 Å². The fraction of sp³-hybridized carbons (Fsp3) is 0.250. The summed E-state index contributed by atoms with van der Waals surface area (Å²) in [5.41, 5.74) is 1.76. The Morgan fingerprint density at radius 2 is 1.85 bits per heavy atom. The first-order chi connectivity index (χ1) is 16.3. The van der Waals surface area contributed by atoms with E-state index in [1.807, 2.05) is 0 Å². The van der Waals surface area contributed by atoms with E-state index in [0.29, 0.717) is 49.9 Å². The summed E-state index contributed by atoms with van der Waals surface area (Å²) in [4.78, 5) is 38.6. The molecule has 0 aliphatic carbocycles. The number of nitrogens with zero attached hydrogens (tertiary/aromatic N) is 1. The van der Waals surface area contributed by atoms with Crippen LogP contribution in [0.2, 0.25) is 10.0 Å². The van der Waals surface area contributed by atoms with Gasteiger partial charge in [0.25, 0.3) is 5.91 Å². The molecule has 1 N–H and O–H groups in total. The van der Waals surface area contributed by atoms with Crippen LogP contribution in [0.4, 0.5) is 5.69 Å². The number of benzene rings is 2. The van der Waals surface area contributed by atoms with E-state index < -0.39 is 5.97 Å². The normalized spacial score (nSPS) is 14.6. The van der Waals surface area contributed by atoms with E-state index in [9.17, 15) is 14.4 Å². The molecule has 0 aromatic heterocycles. The summed E-state index contributed by atoms with van der Waals surface area (Å²) < 4.78 is 5.20. The van der Waals surface area contributed by atoms with Crippen molar-refractivity contribution >= 4 is 81.0 Å². The fourth-order valence-electron chi connectivity index (χ4n) is 3.21. The number of ether oxygens (including phenoxy) is 1. The smallest absolute Gasteiger partial charge is 0.337 e. The minimum atomic E-state index is -0.413. The molecular formula is C24H22Cl2N2O4S2. The lowest BCUT2D eigenvalue weighted by Gasteiger charge is -2.14. The SMILES string of the molecule is COC(=O)c1ccc(/C=C2\SC(=S)N(CCCCCC(=O)Nc3ccc(Cl)cc3Cl)C2=O)cc1. The van der Waals surface area contributed by atoms with Gasteiger partial charge < -0.3 is 10.1 Å². The van der Waals surface area contributed by atoms with Gasteiger partial charge in [0.2, 0.25) is 5.91 Å². The fourth-order valence-corrected chi connectivity index (χ4v) is 4.98. The van der Waals surface area contributed by atoms with E-state index in [-0.39, 0.29) is 11.8 Å². The Kier molecular flexibility index (Phi) is 9.53. The third kappa shape index (κ3) is 7.06. The molecule has 1 aliphatic rings. The van der Waals surface area contributed by atoms with Gasteiger partial charge in [-0.25, -0.2) is 4.79 Å². The Labute approximate surface area is 217 Å². The van der Waals surface area contributed by atoms with Crippen molar-refractivity contribution in [3.8, 4) is 0 Å². The number of esters is 1. The molecule has 6 nitrogen and oxygen atoms in total. The molecule has 0 bridgehead atoms. The van der Waals surface area contributed by atoms with E-state index in [1.165, 1.54) is 18.9 Å². The number of thiocarbonyl (C=S) groups is 1. The molecule has 0 radical (unpaired) electrons. The zero-order chi connectivity index (χ0) is 24.7. The monoisotopic (exact) mass is 536 g/mol. The Morgan fingerprint density at radius 1 is 1.12 bits per heavy atom. The van der Waals surface area contributed by atoms with Crippen LogP contribution in [0, 0.1) is 0 Å². The lowest BCUT2D eigenvalue weighted by molar-refractivity contribution is -0.122. The Morgan fingerprint density at radius 3 is 2.53 bits per heavy atom. The van der Waals surface area contributed by atoms with E-state index in [2.05, 4.69) is 10.1 Å². The second-order valence-corrected chi connectivity index (χ2v) is 9.95. The van der Waals surface area contributed by atoms with Crippen LogP contribution in [-0.4, -0.2) is 40.7 Å². The molecule has 2 aromatic carbocycles. The summed E-state index contributed by atoms with van der Waals surface area (Å²) in [6.07, 6.45) is 4.27. The van der Waals surface area contributed by atoms with Crippen LogP contribution in [0.15, 0.2) is 47.4 Å². The number of anilines is 1. The molecule has 0 atom stereocenters. The molecule has 10 heteroatoms. The predicted molar refractivity (Wildman–Crippen MR) is 141 cm³/mol. The van der Waals surface area contributed by atoms with Gasteiger partial charge in [-0.3, -0.25) is 14.5 Å². The minimum absolute atomic E-state index is 0.129. The minimum Gasteiger partial charge on any atom is -0.465 e. The summed E-state index contributed by atoms with van der Waals surface area (Å²) in [5.74, 6) is -0.678. The maximum absolute atomic E-state index is 12.8. The van der Waals surface area contributed by atoms with Crippen LogP contribution < -0.4 is 5.32 Å². The summed E-state index contributed by atoms with van der Waals surface area (Å²) >= 11 is 18.6. The maximum Gasteiger partial charge on any atom is 0.337 e. The quantitative estimate of drug-likeness (QED) is 0.178. The first-order valence-corrected chi connectivity index (χ1v) is 12.4. The standard InChI is InChI=1S/C24H22Cl2N2O4S2/c1-32-23(31)16-8-6-15(7-9-16)13-20-22(30)28(24(33)34-20)12-4-2-3-5-21(29)27-19-11-10-17(25)14-18(19)26/h6-11,13-14H,2-5,12H2,1H3,(H,27,29)/b20-13-. The molecule has 2 aromatic rings. The largest absolute Gasteiger partial charge is 0.465 e. The summed E-state index contributed by atoms with van der Waals surface area (Å²) in [7, 11) is 1.33. The van der Waals surface area contributed by atoms with Crippen molar-refractivity contribution in [2.75, 3.05) is 19.0 Å². The van der Waals surface area contributed by atoms with Crippen molar-refractivity contribution in [3.63, 3.8) is 0 Å². The summed E-state index contributed by atoms with van der Waals surface area (Å²) in [6, 6.07) is 11.7. The molecule has 1 heterocycles. The third-order valence-corrected chi connectivity index (χ3v) is 6.92. The molecule has 178 valence electrons. The van der Waals surface area contributed by atoms with Crippen LogP contribution in [0.3, 0.4) is 0 Å². The van der Waals surface area contributed by atoms with Gasteiger partial charge in [0.05, 0.1) is 28.3 Å². The second-order valence-electron chi connectivity index (χ2n) is 7.43. The van der Waals surface area contributed by atoms with Crippen LogP contribution in [0.1, 0.15) is 41.6 Å². The van der Waals surface area contributed by atoms with E-state index in [1.54, 1.807) is 53.4 Å². The topological polar surface area (TPSA) is 75.7 Å². The van der Waals surface area contributed by atoms with Crippen LogP contribution >= 0.6 is 47.2 Å². The molecule has 0 unspecified atom stereocenters. The summed E-state index contributed by atoms with van der Waals surface area (Å²) in [5, 5.41) is 3.67. The number of nitrogens with one attached hydrogen (secondary N) is 1. The lowest BCUT2D eigenvalue weighted by atomic mass is 10.1. The highest BCUT2D eigenvalue weighted by atomic mass is 35.5. The second kappa shape index (κ2) is 12.4. The average molecular weight is 537 g/mol. The number of methoxy groups -OCH3 is 1. The molecule has 2 amide bonds. The number of thioether (sulfide) groups is 1. The van der Waals surface area contributed by atoms with Crippen LogP contribution in [-0.2, 0) is 14.3 Å². The van der Waals surface area contributed by atoms with E-state index in [4.69, 9.17) is 35.4 Å². The predicted octanol–water partition coefficient (Wildman–Crippen LogP) is 6.18. The van der Waals surface area contributed by atoms with Crippen LogP contribution in [0.25, 0.3) is 6.08 Å².